The molecule has 1 nitrogen and oxygen atoms in total. The van der Waals surface area contributed by atoms with Gasteiger partial charge in [-0.05, 0) is 18.2 Å². The van der Waals surface area contributed by atoms with E-state index < -0.39 is 34.4 Å². The first-order valence-corrected chi connectivity index (χ1v) is 5.40. The zero-order chi connectivity index (χ0) is 15.9. The van der Waals surface area contributed by atoms with E-state index in [0.29, 0.717) is 6.07 Å². The average Bonchev–Trinajstić information content (AvgIpc) is 2.29. The molecule has 0 amide bonds. The van der Waals surface area contributed by atoms with E-state index in [1.54, 1.807) is 0 Å². The van der Waals surface area contributed by atoms with Gasteiger partial charge in [0.1, 0.15) is 0 Å². The van der Waals surface area contributed by atoms with E-state index in [2.05, 4.69) is 0 Å². The van der Waals surface area contributed by atoms with Crippen molar-refractivity contribution >= 4 is 29.0 Å². The highest BCUT2D eigenvalue weighted by atomic mass is 35.5. The van der Waals surface area contributed by atoms with Gasteiger partial charge in [0.25, 0.3) is 0 Å². The van der Waals surface area contributed by atoms with E-state index >= 15 is 0 Å². The molecule has 0 radical (unpaired) electrons. The van der Waals surface area contributed by atoms with Crippen LogP contribution >= 0.6 is 23.2 Å². The van der Waals surface area contributed by atoms with Crippen molar-refractivity contribution in [2.45, 2.75) is 18.0 Å². The first-order chi connectivity index (χ1) is 8.82. The van der Waals surface area contributed by atoms with Crippen LogP contribution in [0.5, 0.6) is 0 Å². The van der Waals surface area contributed by atoms with E-state index in [0.717, 1.165) is 12.1 Å². The van der Waals surface area contributed by atoms with Gasteiger partial charge in [-0.1, -0.05) is 23.2 Å². The van der Waals surface area contributed by atoms with Gasteiger partial charge < -0.3 is 0 Å². The summed E-state index contributed by atoms with van der Waals surface area (Å²) in [6.45, 7) is 0. The molecule has 0 aliphatic heterocycles. The van der Waals surface area contributed by atoms with Crippen LogP contribution in [0.3, 0.4) is 0 Å². The minimum Gasteiger partial charge on any atom is -0.287 e. The highest BCUT2D eigenvalue weighted by molar-refractivity contribution is 6.36. The van der Waals surface area contributed by atoms with E-state index in [1.165, 1.54) is 0 Å². The molecule has 1 aromatic rings. The Morgan fingerprint density at radius 3 is 1.90 bits per heavy atom. The van der Waals surface area contributed by atoms with Crippen molar-refractivity contribution < 1.29 is 35.5 Å². The van der Waals surface area contributed by atoms with E-state index in [9.17, 15) is 35.5 Å². The van der Waals surface area contributed by atoms with Crippen LogP contribution in [0.2, 0.25) is 10.0 Å². The van der Waals surface area contributed by atoms with Crippen LogP contribution in [0.15, 0.2) is 18.2 Å². The Balaban J connectivity index is 3.35. The first-order valence-electron chi connectivity index (χ1n) is 4.64. The van der Waals surface area contributed by atoms with Crippen LogP contribution in [-0.4, -0.2) is 23.8 Å². The molecule has 0 aromatic heterocycles. The largest absolute Gasteiger partial charge is 0.460 e. The number of hydrogen-bond donors (Lipinski definition) is 0. The molecule has 0 N–H and O–H groups in total. The summed E-state index contributed by atoms with van der Waals surface area (Å²) < 4.78 is 87.6. The Bertz CT molecular complexity index is 539. The third-order valence-corrected chi connectivity index (χ3v) is 2.77. The van der Waals surface area contributed by atoms with Gasteiger partial charge in [0.2, 0.25) is 5.78 Å². The Morgan fingerprint density at radius 2 is 1.45 bits per heavy atom. The maximum Gasteiger partial charge on any atom is 0.460 e. The molecular formula is C10H3Cl2F7O. The molecule has 0 bridgehead atoms. The van der Waals surface area contributed by atoms with Crippen molar-refractivity contribution in [1.29, 1.82) is 0 Å². The Morgan fingerprint density at radius 1 is 0.950 bits per heavy atom. The van der Waals surface area contributed by atoms with Gasteiger partial charge in [-0.3, -0.25) is 4.79 Å². The van der Waals surface area contributed by atoms with Crippen LogP contribution in [0.1, 0.15) is 10.4 Å². The Labute approximate surface area is 117 Å². The molecular weight excluding hydrogens is 340 g/mol. The van der Waals surface area contributed by atoms with Crippen molar-refractivity contribution in [2.75, 3.05) is 0 Å². The predicted octanol–water partition coefficient (Wildman–Crippen LogP) is 5.01. The van der Waals surface area contributed by atoms with Gasteiger partial charge in [0.05, 0.1) is 5.02 Å². The maximum atomic E-state index is 13.2. The average molecular weight is 343 g/mol. The van der Waals surface area contributed by atoms with E-state index in [-0.39, 0.29) is 5.02 Å². The minimum absolute atomic E-state index is 0.330. The van der Waals surface area contributed by atoms with Gasteiger partial charge in [-0.25, -0.2) is 0 Å². The quantitative estimate of drug-likeness (QED) is 0.557. The molecule has 0 aliphatic carbocycles. The number of rotatable bonds is 3. The summed E-state index contributed by atoms with van der Waals surface area (Å²) in [5.41, 5.74) is -1.23. The lowest BCUT2D eigenvalue weighted by atomic mass is 10.00. The normalized spacial score (nSPS) is 13.4. The lowest BCUT2D eigenvalue weighted by molar-refractivity contribution is -0.339. The lowest BCUT2D eigenvalue weighted by Gasteiger charge is -2.27. The number of Topliss-reactive ketones (excluding diaryl/α,β-unsaturated/α-hetero) is 1. The SMILES string of the molecule is O=C(c1cc(Cl)ccc1Cl)C(F)(F)C(F)(F)C(F)(F)F. The molecule has 112 valence electrons. The van der Waals surface area contributed by atoms with E-state index in [4.69, 9.17) is 23.2 Å². The second-order valence-corrected chi connectivity index (χ2v) is 4.44. The van der Waals surface area contributed by atoms with Crippen molar-refractivity contribution in [2.24, 2.45) is 0 Å². The summed E-state index contributed by atoms with van der Waals surface area (Å²) in [6.07, 6.45) is -6.60. The highest BCUT2D eigenvalue weighted by Crippen LogP contribution is 2.48. The fraction of sp³-hybridized carbons (Fsp3) is 0.300. The van der Waals surface area contributed by atoms with Gasteiger partial charge in [0.15, 0.2) is 0 Å². The third kappa shape index (κ3) is 2.71. The molecule has 0 heterocycles. The van der Waals surface area contributed by atoms with Gasteiger partial charge >= 0.3 is 18.0 Å². The van der Waals surface area contributed by atoms with Crippen LogP contribution < -0.4 is 0 Å². The molecule has 0 saturated heterocycles. The Hall–Kier alpha value is -1.02. The third-order valence-electron chi connectivity index (χ3n) is 2.21. The summed E-state index contributed by atoms with van der Waals surface area (Å²) in [6, 6.07) is 2.34. The van der Waals surface area contributed by atoms with Crippen LogP contribution in [0.4, 0.5) is 30.7 Å². The summed E-state index contributed by atoms with van der Waals surface area (Å²) in [7, 11) is 0. The molecule has 0 aliphatic rings. The van der Waals surface area contributed by atoms with Crippen molar-refractivity contribution in [3.05, 3.63) is 33.8 Å². The molecule has 1 aromatic carbocycles. The maximum absolute atomic E-state index is 13.2. The minimum atomic E-state index is -6.60. The molecule has 0 spiro atoms. The molecule has 20 heavy (non-hydrogen) atoms. The van der Waals surface area contributed by atoms with Gasteiger partial charge in [-0.15, -0.1) is 0 Å². The molecule has 1 rings (SSSR count). The van der Waals surface area contributed by atoms with Crippen molar-refractivity contribution in [1.82, 2.24) is 0 Å². The standard InChI is InChI=1S/C10H3Cl2F7O/c11-4-1-2-6(12)5(3-4)7(20)8(13,14)9(15,16)10(17,18)19/h1-3H. The summed E-state index contributed by atoms with van der Waals surface area (Å²) in [5.74, 6) is -15.3. The predicted molar refractivity (Wildman–Crippen MR) is 56.7 cm³/mol. The van der Waals surface area contributed by atoms with Crippen LogP contribution in [-0.2, 0) is 0 Å². The number of ketones is 1. The fourth-order valence-corrected chi connectivity index (χ4v) is 1.54. The van der Waals surface area contributed by atoms with Crippen molar-refractivity contribution in [3.8, 4) is 0 Å². The smallest absolute Gasteiger partial charge is 0.287 e. The molecule has 10 heteroatoms. The van der Waals surface area contributed by atoms with Crippen molar-refractivity contribution in [3.63, 3.8) is 0 Å². The van der Waals surface area contributed by atoms with Crippen LogP contribution in [0.25, 0.3) is 0 Å². The van der Waals surface area contributed by atoms with Crippen LogP contribution in [0, 0.1) is 0 Å². The Kier molecular flexibility index (Phi) is 4.32. The highest BCUT2D eigenvalue weighted by Gasteiger charge is 2.76. The number of alkyl halides is 7. The van der Waals surface area contributed by atoms with E-state index in [1.807, 2.05) is 0 Å². The molecule has 0 saturated carbocycles. The summed E-state index contributed by atoms with van der Waals surface area (Å²) in [5, 5.41) is -1.05. The number of benzene rings is 1. The second kappa shape index (κ2) is 5.07. The number of carbonyl (C=O) groups excluding carboxylic acids is 1. The van der Waals surface area contributed by atoms with Gasteiger partial charge in [0, 0.05) is 10.6 Å². The number of hydrogen-bond acceptors (Lipinski definition) is 1. The summed E-state index contributed by atoms with van der Waals surface area (Å²) in [4.78, 5) is 11.3. The number of carbonyl (C=O) groups is 1. The fourth-order valence-electron chi connectivity index (χ4n) is 1.16. The number of halogens is 9. The molecule has 0 fully saturated rings. The van der Waals surface area contributed by atoms with Gasteiger partial charge in [-0.2, -0.15) is 30.7 Å². The zero-order valence-electron chi connectivity index (χ0n) is 9.04. The topological polar surface area (TPSA) is 17.1 Å². The lowest BCUT2D eigenvalue weighted by Crippen LogP contribution is -2.56. The zero-order valence-corrected chi connectivity index (χ0v) is 10.6. The molecule has 0 unspecified atom stereocenters. The monoisotopic (exact) mass is 342 g/mol. The summed E-state index contributed by atoms with van der Waals surface area (Å²) >= 11 is 10.7. The second-order valence-electron chi connectivity index (χ2n) is 3.60. The first kappa shape index (κ1) is 17.0. The molecule has 0 atom stereocenters.